The van der Waals surface area contributed by atoms with E-state index in [-0.39, 0.29) is 29.6 Å². The Kier molecular flexibility index (Phi) is 11.5. The number of carbonyl (C=O) groups excluding carboxylic acids is 4. The number of nitrogens with zero attached hydrogens (tertiary/aromatic N) is 1. The number of aryl methyl sites for hydroxylation is 1. The summed E-state index contributed by atoms with van der Waals surface area (Å²) in [6, 6.07) is 16.1. The van der Waals surface area contributed by atoms with Crippen molar-refractivity contribution in [1.29, 1.82) is 0 Å². The van der Waals surface area contributed by atoms with Gasteiger partial charge in [0.15, 0.2) is 0 Å². The van der Waals surface area contributed by atoms with Gasteiger partial charge >= 0.3 is 6.09 Å². The van der Waals surface area contributed by atoms with E-state index < -0.39 is 23.8 Å². The maximum Gasteiger partial charge on any atom is 0.408 e. The van der Waals surface area contributed by atoms with Gasteiger partial charge in [-0.25, -0.2) is 4.79 Å². The number of hydrogen-bond donors (Lipinski definition) is 3. The maximum atomic E-state index is 13.3. The molecule has 3 rings (SSSR count). The molecule has 0 aromatic heterocycles. The summed E-state index contributed by atoms with van der Waals surface area (Å²) < 4.78 is 5.34. The van der Waals surface area contributed by atoms with Gasteiger partial charge < -0.3 is 25.6 Å². The lowest BCUT2D eigenvalue weighted by atomic mass is 9.93. The van der Waals surface area contributed by atoms with Crippen LogP contribution in [0.4, 0.5) is 4.79 Å². The van der Waals surface area contributed by atoms with E-state index in [9.17, 15) is 19.2 Å². The average Bonchev–Trinajstić information content (AvgIpc) is 2.94. The van der Waals surface area contributed by atoms with Crippen LogP contribution in [0.2, 0.25) is 0 Å². The van der Waals surface area contributed by atoms with Gasteiger partial charge in [-0.2, -0.15) is 0 Å². The average molecular weight is 579 g/mol. The number of ether oxygens (including phenoxy) is 1. The van der Waals surface area contributed by atoms with E-state index in [4.69, 9.17) is 4.74 Å². The SMILES string of the molecule is Cc1ccc(CNC(=O)[C@H](Cc2ccccc2)NC(=O)C2CCN(C(=O)[C@@H](NC(=O)OC(C)(C)C)C(C)C)CC2)cc1. The van der Waals surface area contributed by atoms with Crippen LogP contribution in [-0.2, 0) is 32.1 Å². The van der Waals surface area contributed by atoms with E-state index in [1.165, 1.54) is 0 Å². The molecule has 4 amide bonds. The van der Waals surface area contributed by atoms with E-state index in [2.05, 4.69) is 16.0 Å². The smallest absolute Gasteiger partial charge is 0.408 e. The Morgan fingerprint density at radius 2 is 1.52 bits per heavy atom. The second kappa shape index (κ2) is 14.8. The normalized spacial score (nSPS) is 15.5. The monoisotopic (exact) mass is 578 g/mol. The summed E-state index contributed by atoms with van der Waals surface area (Å²) in [5.74, 6) is -1.09. The molecule has 1 saturated heterocycles. The number of nitrogens with one attached hydrogen (secondary N) is 3. The van der Waals surface area contributed by atoms with Crippen molar-refractivity contribution in [2.24, 2.45) is 11.8 Å². The van der Waals surface area contributed by atoms with Gasteiger partial charge in [0.1, 0.15) is 17.7 Å². The first kappa shape index (κ1) is 32.6. The van der Waals surface area contributed by atoms with E-state index in [1.807, 2.05) is 75.4 Å². The third-order valence-electron chi connectivity index (χ3n) is 7.29. The van der Waals surface area contributed by atoms with E-state index in [0.717, 1.165) is 16.7 Å². The van der Waals surface area contributed by atoms with Crippen molar-refractivity contribution < 1.29 is 23.9 Å². The Morgan fingerprint density at radius 1 is 0.905 bits per heavy atom. The molecular weight excluding hydrogens is 532 g/mol. The van der Waals surface area contributed by atoms with Crippen LogP contribution in [0.25, 0.3) is 0 Å². The number of alkyl carbamates (subject to hydrolysis) is 1. The highest BCUT2D eigenvalue weighted by molar-refractivity contribution is 5.89. The van der Waals surface area contributed by atoms with Gasteiger partial charge in [0, 0.05) is 32.0 Å². The summed E-state index contributed by atoms with van der Waals surface area (Å²) in [6.07, 6.45) is 0.681. The first-order chi connectivity index (χ1) is 19.8. The molecule has 0 aliphatic carbocycles. The highest BCUT2D eigenvalue weighted by Gasteiger charge is 2.35. The molecule has 1 aliphatic rings. The fraction of sp³-hybridized carbons (Fsp3) is 0.515. The topological polar surface area (TPSA) is 117 Å². The summed E-state index contributed by atoms with van der Waals surface area (Å²) in [5.41, 5.74) is 2.41. The third kappa shape index (κ3) is 10.2. The molecule has 0 bridgehead atoms. The van der Waals surface area contributed by atoms with E-state index in [0.29, 0.717) is 38.9 Å². The first-order valence-corrected chi connectivity index (χ1v) is 14.8. The molecule has 0 spiro atoms. The largest absolute Gasteiger partial charge is 0.444 e. The number of amides is 4. The van der Waals surface area contributed by atoms with E-state index in [1.54, 1.807) is 25.7 Å². The third-order valence-corrected chi connectivity index (χ3v) is 7.29. The van der Waals surface area contributed by atoms with Crippen molar-refractivity contribution in [3.63, 3.8) is 0 Å². The molecule has 9 heteroatoms. The van der Waals surface area contributed by atoms with Gasteiger partial charge in [0.05, 0.1) is 0 Å². The van der Waals surface area contributed by atoms with E-state index >= 15 is 0 Å². The minimum absolute atomic E-state index is 0.136. The summed E-state index contributed by atoms with van der Waals surface area (Å²) in [7, 11) is 0. The number of rotatable bonds is 10. The van der Waals surface area contributed by atoms with Gasteiger partial charge in [0.25, 0.3) is 0 Å². The number of hydrogen-bond acceptors (Lipinski definition) is 5. The van der Waals surface area contributed by atoms with Crippen molar-refractivity contribution in [2.45, 2.75) is 85.0 Å². The van der Waals surface area contributed by atoms with Gasteiger partial charge in [-0.15, -0.1) is 0 Å². The summed E-state index contributed by atoms with van der Waals surface area (Å²) in [4.78, 5) is 53.9. The van der Waals surface area contributed by atoms with Crippen molar-refractivity contribution in [3.05, 3.63) is 71.3 Å². The first-order valence-electron chi connectivity index (χ1n) is 14.8. The number of piperidine rings is 1. The molecule has 2 aromatic rings. The lowest BCUT2D eigenvalue weighted by Crippen LogP contribution is -2.55. The lowest BCUT2D eigenvalue weighted by Gasteiger charge is -2.35. The molecule has 1 fully saturated rings. The Morgan fingerprint density at radius 3 is 2.10 bits per heavy atom. The van der Waals surface area contributed by atoms with Crippen LogP contribution in [0.3, 0.4) is 0 Å². The molecule has 0 radical (unpaired) electrons. The molecule has 0 saturated carbocycles. The van der Waals surface area contributed by atoms with Crippen LogP contribution in [0.5, 0.6) is 0 Å². The van der Waals surface area contributed by atoms with Gasteiger partial charge in [-0.05, 0) is 57.6 Å². The minimum Gasteiger partial charge on any atom is -0.444 e. The van der Waals surface area contributed by atoms with Crippen LogP contribution in [-0.4, -0.2) is 59.5 Å². The molecule has 3 N–H and O–H groups in total. The standard InChI is InChI=1S/C33H46N4O5/c1-22(2)28(36-32(41)42-33(4,5)6)31(40)37-18-16-26(17-19-37)29(38)35-27(20-24-10-8-7-9-11-24)30(39)34-21-25-14-12-23(3)13-15-25/h7-15,22,26-28H,16-21H2,1-6H3,(H,34,39)(H,35,38)(H,36,41)/t27-,28-/m0/s1. The summed E-state index contributed by atoms with van der Waals surface area (Å²) >= 11 is 0. The molecule has 42 heavy (non-hydrogen) atoms. The number of likely N-dealkylation sites (tertiary alicyclic amines) is 1. The second-order valence-corrected chi connectivity index (χ2v) is 12.4. The zero-order chi connectivity index (χ0) is 30.9. The Labute approximate surface area is 249 Å². The lowest BCUT2D eigenvalue weighted by molar-refractivity contribution is -0.138. The molecule has 1 heterocycles. The zero-order valence-corrected chi connectivity index (χ0v) is 25.7. The molecule has 2 aromatic carbocycles. The molecule has 1 aliphatic heterocycles. The molecule has 9 nitrogen and oxygen atoms in total. The summed E-state index contributed by atoms with van der Waals surface area (Å²) in [5, 5.41) is 8.67. The van der Waals surface area contributed by atoms with Crippen LogP contribution in [0, 0.1) is 18.8 Å². The number of carbonyl (C=O) groups is 4. The fourth-order valence-electron chi connectivity index (χ4n) is 4.87. The fourth-order valence-corrected chi connectivity index (χ4v) is 4.87. The van der Waals surface area contributed by atoms with Crippen LogP contribution >= 0.6 is 0 Å². The molecule has 0 unspecified atom stereocenters. The molecule has 2 atom stereocenters. The Bertz CT molecular complexity index is 1200. The van der Waals surface area contributed by atoms with Crippen LogP contribution < -0.4 is 16.0 Å². The maximum absolute atomic E-state index is 13.3. The summed E-state index contributed by atoms with van der Waals surface area (Å²) in [6.45, 7) is 12.2. The van der Waals surface area contributed by atoms with Gasteiger partial charge in [0.2, 0.25) is 17.7 Å². The van der Waals surface area contributed by atoms with Crippen molar-refractivity contribution >= 4 is 23.8 Å². The van der Waals surface area contributed by atoms with Gasteiger partial charge in [-0.3, -0.25) is 14.4 Å². The van der Waals surface area contributed by atoms with Crippen LogP contribution in [0.15, 0.2) is 54.6 Å². The van der Waals surface area contributed by atoms with Gasteiger partial charge in [-0.1, -0.05) is 74.0 Å². The van der Waals surface area contributed by atoms with Crippen molar-refractivity contribution in [1.82, 2.24) is 20.9 Å². The predicted octanol–water partition coefficient (Wildman–Crippen LogP) is 4.13. The molecule has 228 valence electrons. The minimum atomic E-state index is -0.728. The Balaban J connectivity index is 1.59. The van der Waals surface area contributed by atoms with Crippen molar-refractivity contribution in [2.75, 3.05) is 13.1 Å². The van der Waals surface area contributed by atoms with Crippen LogP contribution in [0.1, 0.15) is 64.2 Å². The molecular formula is C33H46N4O5. The van der Waals surface area contributed by atoms with Crippen molar-refractivity contribution in [3.8, 4) is 0 Å². The quantitative estimate of drug-likeness (QED) is 0.392. The highest BCUT2D eigenvalue weighted by atomic mass is 16.6. The highest BCUT2D eigenvalue weighted by Crippen LogP contribution is 2.20. The number of benzene rings is 2. The second-order valence-electron chi connectivity index (χ2n) is 12.4. The predicted molar refractivity (Wildman–Crippen MR) is 162 cm³/mol. The zero-order valence-electron chi connectivity index (χ0n) is 25.7. The Hall–Kier alpha value is -3.88.